The molecule has 1 heterocycles. The van der Waals surface area contributed by atoms with Gasteiger partial charge in [0, 0.05) is 11.8 Å². The van der Waals surface area contributed by atoms with Gasteiger partial charge in [-0.3, -0.25) is 0 Å². The maximum Gasteiger partial charge on any atom is 0.180 e. The van der Waals surface area contributed by atoms with E-state index in [1.807, 2.05) is 0 Å². The molecule has 0 aliphatic carbocycles. The first kappa shape index (κ1) is 10.5. The van der Waals surface area contributed by atoms with E-state index in [0.29, 0.717) is 12.3 Å². The number of aromatic nitrogens is 1. The molecular weight excluding hydrogens is 211 g/mol. The Kier molecular flexibility index (Phi) is 3.05. The van der Waals surface area contributed by atoms with Crippen molar-refractivity contribution in [3.63, 3.8) is 0 Å². The summed E-state index contributed by atoms with van der Waals surface area (Å²) in [7, 11) is 1.43. The van der Waals surface area contributed by atoms with Crippen molar-refractivity contribution in [3.8, 4) is 5.75 Å². The van der Waals surface area contributed by atoms with E-state index in [4.69, 9.17) is 9.15 Å². The van der Waals surface area contributed by atoms with Gasteiger partial charge in [0.2, 0.25) is 0 Å². The Morgan fingerprint density at radius 2 is 2.38 bits per heavy atom. The van der Waals surface area contributed by atoms with Crippen molar-refractivity contribution in [3.05, 3.63) is 42.4 Å². The number of benzene rings is 1. The average Bonchev–Trinajstić information content (AvgIpc) is 2.81. The molecule has 0 amide bonds. The highest BCUT2D eigenvalue weighted by Crippen LogP contribution is 2.21. The number of oxazole rings is 1. The Bertz CT molecular complexity index is 457. The van der Waals surface area contributed by atoms with Crippen LogP contribution in [0.25, 0.3) is 0 Å². The second-order valence-electron chi connectivity index (χ2n) is 3.17. The fourth-order valence-corrected chi connectivity index (χ4v) is 1.29. The highest BCUT2D eigenvalue weighted by molar-refractivity contribution is 5.48. The molecule has 0 aliphatic heterocycles. The van der Waals surface area contributed by atoms with E-state index in [1.165, 1.54) is 19.6 Å². The summed E-state index contributed by atoms with van der Waals surface area (Å²) < 4.78 is 23.0. The largest absolute Gasteiger partial charge is 0.494 e. The number of anilines is 1. The molecule has 0 spiro atoms. The summed E-state index contributed by atoms with van der Waals surface area (Å²) in [5.41, 5.74) is 0.759. The molecule has 0 unspecified atom stereocenters. The Morgan fingerprint density at radius 3 is 3.06 bits per heavy atom. The number of hydrogen-bond acceptors (Lipinski definition) is 4. The smallest absolute Gasteiger partial charge is 0.180 e. The van der Waals surface area contributed by atoms with Gasteiger partial charge >= 0.3 is 0 Å². The number of nitrogens with zero attached hydrogens (tertiary/aromatic N) is 1. The predicted molar refractivity (Wildman–Crippen MR) is 56.8 cm³/mol. The first-order chi connectivity index (χ1) is 7.79. The maximum absolute atomic E-state index is 13.1. The van der Waals surface area contributed by atoms with Gasteiger partial charge in [-0.1, -0.05) is 0 Å². The van der Waals surface area contributed by atoms with Crippen molar-refractivity contribution < 1.29 is 13.5 Å². The minimum atomic E-state index is -0.382. The van der Waals surface area contributed by atoms with Gasteiger partial charge in [0.25, 0.3) is 0 Å². The lowest BCUT2D eigenvalue weighted by atomic mass is 10.3. The minimum absolute atomic E-state index is 0.211. The van der Waals surface area contributed by atoms with E-state index in [0.717, 1.165) is 5.69 Å². The molecule has 0 bridgehead atoms. The van der Waals surface area contributed by atoms with Crippen LogP contribution in [-0.4, -0.2) is 12.1 Å². The van der Waals surface area contributed by atoms with Crippen LogP contribution in [-0.2, 0) is 6.54 Å². The average molecular weight is 222 g/mol. The molecule has 0 saturated heterocycles. The molecule has 1 aromatic carbocycles. The van der Waals surface area contributed by atoms with Crippen LogP contribution in [0, 0.1) is 5.82 Å². The number of ether oxygens (including phenoxy) is 1. The lowest BCUT2D eigenvalue weighted by molar-refractivity contribution is 0.387. The topological polar surface area (TPSA) is 47.3 Å². The highest BCUT2D eigenvalue weighted by Gasteiger charge is 2.03. The summed E-state index contributed by atoms with van der Waals surface area (Å²) in [4.78, 5) is 3.79. The first-order valence-electron chi connectivity index (χ1n) is 4.74. The zero-order chi connectivity index (χ0) is 11.4. The van der Waals surface area contributed by atoms with Crippen molar-refractivity contribution in [1.82, 2.24) is 4.98 Å². The molecule has 16 heavy (non-hydrogen) atoms. The Balaban J connectivity index is 2.04. The van der Waals surface area contributed by atoms with Crippen LogP contribution >= 0.6 is 0 Å². The molecule has 4 nitrogen and oxygen atoms in total. The van der Waals surface area contributed by atoms with Gasteiger partial charge < -0.3 is 14.5 Å². The zero-order valence-corrected chi connectivity index (χ0v) is 8.74. The fourth-order valence-electron chi connectivity index (χ4n) is 1.29. The van der Waals surface area contributed by atoms with Gasteiger partial charge in [-0.25, -0.2) is 9.37 Å². The molecule has 2 rings (SSSR count). The van der Waals surface area contributed by atoms with Gasteiger partial charge in [-0.15, -0.1) is 0 Å². The quantitative estimate of drug-likeness (QED) is 0.863. The van der Waals surface area contributed by atoms with Crippen molar-refractivity contribution in [2.24, 2.45) is 0 Å². The zero-order valence-electron chi connectivity index (χ0n) is 8.74. The third-order valence-corrected chi connectivity index (χ3v) is 2.10. The van der Waals surface area contributed by atoms with E-state index in [2.05, 4.69) is 10.3 Å². The van der Waals surface area contributed by atoms with Gasteiger partial charge in [0.05, 0.1) is 19.9 Å². The van der Waals surface area contributed by atoms with Crippen LogP contribution < -0.4 is 10.1 Å². The van der Waals surface area contributed by atoms with Gasteiger partial charge in [-0.2, -0.15) is 0 Å². The predicted octanol–water partition coefficient (Wildman–Crippen LogP) is 2.43. The van der Waals surface area contributed by atoms with E-state index < -0.39 is 0 Å². The van der Waals surface area contributed by atoms with Crippen LogP contribution in [0.3, 0.4) is 0 Å². The highest BCUT2D eigenvalue weighted by atomic mass is 19.1. The van der Waals surface area contributed by atoms with Crippen LogP contribution in [0.4, 0.5) is 10.1 Å². The summed E-state index contributed by atoms with van der Waals surface area (Å²) in [6, 6.07) is 4.57. The number of methoxy groups -OCH3 is 1. The summed E-state index contributed by atoms with van der Waals surface area (Å²) in [6.07, 6.45) is 2.98. The molecule has 1 aromatic heterocycles. The van der Waals surface area contributed by atoms with E-state index >= 15 is 0 Å². The molecule has 5 heteroatoms. The summed E-state index contributed by atoms with van der Waals surface area (Å²) in [5, 5.41) is 3.07. The third-order valence-electron chi connectivity index (χ3n) is 2.10. The standard InChI is InChI=1S/C11H11FN2O2/c1-15-11-4-8(2-3-10(11)12)14-6-9-5-13-7-16-9/h2-5,7,14H,6H2,1H3. The Morgan fingerprint density at radius 1 is 1.50 bits per heavy atom. The number of nitrogens with one attached hydrogen (secondary N) is 1. The lowest BCUT2D eigenvalue weighted by Crippen LogP contribution is -1.99. The second-order valence-corrected chi connectivity index (χ2v) is 3.17. The Labute approximate surface area is 92.1 Å². The molecule has 0 atom stereocenters. The van der Waals surface area contributed by atoms with Crippen LogP contribution in [0.2, 0.25) is 0 Å². The molecule has 84 valence electrons. The Hall–Kier alpha value is -2.04. The number of halogens is 1. The van der Waals surface area contributed by atoms with E-state index in [1.54, 1.807) is 18.3 Å². The minimum Gasteiger partial charge on any atom is -0.494 e. The van der Waals surface area contributed by atoms with Crippen molar-refractivity contribution in [2.45, 2.75) is 6.54 Å². The van der Waals surface area contributed by atoms with Gasteiger partial charge in [0.15, 0.2) is 18.0 Å². The SMILES string of the molecule is COc1cc(NCc2cnco2)ccc1F. The molecule has 0 saturated carbocycles. The van der Waals surface area contributed by atoms with Crippen molar-refractivity contribution in [2.75, 3.05) is 12.4 Å². The van der Waals surface area contributed by atoms with E-state index in [9.17, 15) is 4.39 Å². The van der Waals surface area contributed by atoms with Crippen LogP contribution in [0.15, 0.2) is 35.2 Å². The lowest BCUT2D eigenvalue weighted by Gasteiger charge is -2.07. The molecule has 0 aliphatic rings. The summed E-state index contributed by atoms with van der Waals surface area (Å²) in [5.74, 6) is 0.540. The normalized spacial score (nSPS) is 10.1. The number of hydrogen-bond donors (Lipinski definition) is 1. The molecule has 2 aromatic rings. The third kappa shape index (κ3) is 2.31. The van der Waals surface area contributed by atoms with Gasteiger partial charge in [0.1, 0.15) is 5.76 Å². The fraction of sp³-hybridized carbons (Fsp3) is 0.182. The summed E-state index contributed by atoms with van der Waals surface area (Å²) in [6.45, 7) is 0.495. The van der Waals surface area contributed by atoms with Crippen LogP contribution in [0.5, 0.6) is 5.75 Å². The van der Waals surface area contributed by atoms with Crippen LogP contribution in [0.1, 0.15) is 5.76 Å². The first-order valence-corrected chi connectivity index (χ1v) is 4.74. The summed E-state index contributed by atoms with van der Waals surface area (Å²) >= 11 is 0. The molecular formula is C11H11FN2O2. The van der Waals surface area contributed by atoms with Crippen molar-refractivity contribution >= 4 is 5.69 Å². The monoisotopic (exact) mass is 222 g/mol. The van der Waals surface area contributed by atoms with E-state index in [-0.39, 0.29) is 11.6 Å². The molecule has 0 fully saturated rings. The van der Waals surface area contributed by atoms with Crippen molar-refractivity contribution in [1.29, 1.82) is 0 Å². The molecule has 0 radical (unpaired) electrons. The molecule has 1 N–H and O–H groups in total. The maximum atomic E-state index is 13.1. The second kappa shape index (κ2) is 4.65. The van der Waals surface area contributed by atoms with Gasteiger partial charge in [-0.05, 0) is 12.1 Å². The number of rotatable bonds is 4.